The monoisotopic (exact) mass is 816 g/mol. The molecule has 0 radical (unpaired) electrons. The Labute approximate surface area is 375 Å². The Kier molecular flexibility index (Phi) is 10.3. The Bertz CT molecular complexity index is 3230. The highest BCUT2D eigenvalue weighted by atomic mass is 15.1. The average Bonchev–Trinajstić information content (AvgIpc) is 3.38. The van der Waals surface area contributed by atoms with Crippen LogP contribution in [0.3, 0.4) is 0 Å². The van der Waals surface area contributed by atoms with Crippen molar-refractivity contribution >= 4 is 55.7 Å². The van der Waals surface area contributed by atoms with Crippen molar-refractivity contribution in [2.45, 2.75) is 0 Å². The van der Waals surface area contributed by atoms with Crippen LogP contribution < -0.4 is 9.80 Å². The van der Waals surface area contributed by atoms with Gasteiger partial charge >= 0.3 is 0 Å². The minimum absolute atomic E-state index is 1.09. The lowest BCUT2D eigenvalue weighted by Gasteiger charge is -2.28. The van der Waals surface area contributed by atoms with Crippen LogP contribution in [-0.2, 0) is 0 Å². The maximum atomic E-state index is 2.40. The van der Waals surface area contributed by atoms with E-state index in [2.05, 4.69) is 277 Å². The number of fused-ring (bicyclic) bond motifs is 3. The molecule has 302 valence electrons. The Hall–Kier alpha value is -8.46. The summed E-state index contributed by atoms with van der Waals surface area (Å²) in [6, 6.07) is 96.2. The molecule has 64 heavy (non-hydrogen) atoms. The van der Waals surface area contributed by atoms with Crippen molar-refractivity contribution in [2.24, 2.45) is 0 Å². The summed E-state index contributed by atoms with van der Waals surface area (Å²) in [7, 11) is 0. The minimum atomic E-state index is 1.09. The summed E-state index contributed by atoms with van der Waals surface area (Å²) in [5.41, 5.74) is 16.1. The van der Waals surface area contributed by atoms with Crippen LogP contribution in [-0.4, -0.2) is 0 Å². The third kappa shape index (κ3) is 7.59. The molecular formula is C62H44N2. The molecule has 0 aliphatic heterocycles. The number of benzene rings is 11. The smallest absolute Gasteiger partial charge is 0.0546 e. The first-order chi connectivity index (χ1) is 31.7. The van der Waals surface area contributed by atoms with Crippen molar-refractivity contribution in [1.82, 2.24) is 0 Å². The van der Waals surface area contributed by atoms with Crippen molar-refractivity contribution < 1.29 is 0 Å². The first kappa shape index (κ1) is 38.5. The molecule has 11 rings (SSSR count). The van der Waals surface area contributed by atoms with Gasteiger partial charge in [0, 0.05) is 33.8 Å². The second-order valence-corrected chi connectivity index (χ2v) is 16.2. The number of hydrogen-bond donors (Lipinski definition) is 0. The largest absolute Gasteiger partial charge is 0.311 e. The van der Waals surface area contributed by atoms with Gasteiger partial charge in [-0.1, -0.05) is 200 Å². The number of nitrogens with zero attached hydrogens (tertiary/aromatic N) is 2. The highest BCUT2D eigenvalue weighted by Gasteiger charge is 2.19. The van der Waals surface area contributed by atoms with Gasteiger partial charge in [-0.2, -0.15) is 0 Å². The molecule has 0 fully saturated rings. The lowest BCUT2D eigenvalue weighted by Crippen LogP contribution is -2.10. The minimum Gasteiger partial charge on any atom is -0.311 e. The molecular weight excluding hydrogens is 773 g/mol. The first-order valence-corrected chi connectivity index (χ1v) is 21.9. The van der Waals surface area contributed by atoms with Crippen molar-refractivity contribution in [3.8, 4) is 44.5 Å². The van der Waals surface area contributed by atoms with Crippen molar-refractivity contribution in [1.29, 1.82) is 0 Å². The fraction of sp³-hybridized carbons (Fsp3) is 0. The predicted molar refractivity (Wildman–Crippen MR) is 273 cm³/mol. The van der Waals surface area contributed by atoms with Crippen LogP contribution >= 0.6 is 0 Å². The molecule has 0 aromatic heterocycles. The predicted octanol–water partition coefficient (Wildman–Crippen LogP) is 17.6. The maximum absolute atomic E-state index is 2.40. The molecule has 0 bridgehead atoms. The van der Waals surface area contributed by atoms with Gasteiger partial charge in [0.1, 0.15) is 0 Å². The van der Waals surface area contributed by atoms with E-state index in [-0.39, 0.29) is 0 Å². The van der Waals surface area contributed by atoms with Crippen LogP contribution in [0.25, 0.3) is 66.1 Å². The van der Waals surface area contributed by atoms with E-state index >= 15 is 0 Å². The van der Waals surface area contributed by atoms with E-state index in [1.54, 1.807) is 0 Å². The second kappa shape index (κ2) is 17.1. The molecule has 2 nitrogen and oxygen atoms in total. The fourth-order valence-corrected chi connectivity index (χ4v) is 9.00. The summed E-state index contributed by atoms with van der Waals surface area (Å²) in [6.45, 7) is 0. The molecule has 0 heterocycles. The molecule has 0 aliphatic carbocycles. The number of rotatable bonds is 10. The molecule has 0 spiro atoms. The van der Waals surface area contributed by atoms with Crippen LogP contribution in [0.15, 0.2) is 267 Å². The van der Waals surface area contributed by atoms with Crippen LogP contribution in [0, 0.1) is 0 Å². The topological polar surface area (TPSA) is 6.48 Å². The van der Waals surface area contributed by atoms with Crippen molar-refractivity contribution in [3.05, 3.63) is 267 Å². The molecule has 0 N–H and O–H groups in total. The summed E-state index contributed by atoms with van der Waals surface area (Å²) >= 11 is 0. The second-order valence-electron chi connectivity index (χ2n) is 16.2. The first-order valence-electron chi connectivity index (χ1n) is 21.9. The van der Waals surface area contributed by atoms with Crippen LogP contribution in [0.1, 0.15) is 0 Å². The van der Waals surface area contributed by atoms with E-state index < -0.39 is 0 Å². The lowest BCUT2D eigenvalue weighted by molar-refractivity contribution is 1.28. The zero-order chi connectivity index (χ0) is 42.7. The normalized spacial score (nSPS) is 11.1. The average molecular weight is 817 g/mol. The van der Waals surface area contributed by atoms with Gasteiger partial charge in [0.2, 0.25) is 0 Å². The number of anilines is 6. The highest BCUT2D eigenvalue weighted by molar-refractivity contribution is 6.14. The molecule has 0 saturated heterocycles. The summed E-state index contributed by atoms with van der Waals surface area (Å²) < 4.78 is 0. The van der Waals surface area contributed by atoms with E-state index in [4.69, 9.17) is 0 Å². The Morgan fingerprint density at radius 2 is 0.453 bits per heavy atom. The van der Waals surface area contributed by atoms with Crippen LogP contribution in [0.4, 0.5) is 34.1 Å². The summed E-state index contributed by atoms with van der Waals surface area (Å²) in [5.74, 6) is 0. The third-order valence-electron chi connectivity index (χ3n) is 12.3. The van der Waals surface area contributed by atoms with E-state index in [1.165, 1.54) is 54.9 Å². The fourth-order valence-electron chi connectivity index (χ4n) is 9.00. The summed E-state index contributed by atoms with van der Waals surface area (Å²) in [4.78, 5) is 4.74. The SMILES string of the molecule is c1ccc(-c2ccc(N(c3ccc(-c4ccccc4)cc3)c3ccc(-c4ccc(N(c5ccc(-c6ccccc6)cc5)c5cc6ccccc6c6ccccc56)cc4)cc3)cc2)cc1. The molecule has 0 amide bonds. The maximum Gasteiger partial charge on any atom is 0.0546 e. The van der Waals surface area contributed by atoms with Crippen molar-refractivity contribution in [2.75, 3.05) is 9.80 Å². The molecule has 2 heteroatoms. The quantitative estimate of drug-likeness (QED) is 0.127. The summed E-state index contributed by atoms with van der Waals surface area (Å²) in [5, 5.41) is 4.92. The molecule has 0 saturated carbocycles. The Morgan fingerprint density at radius 3 is 0.812 bits per heavy atom. The van der Waals surface area contributed by atoms with Gasteiger partial charge in [-0.3, -0.25) is 0 Å². The molecule has 0 unspecified atom stereocenters. The molecule has 0 atom stereocenters. The van der Waals surface area contributed by atoms with Gasteiger partial charge < -0.3 is 9.80 Å². The van der Waals surface area contributed by atoms with Gasteiger partial charge in [0.15, 0.2) is 0 Å². The standard InChI is InChI=1S/C62H44N2/c1-4-14-45(15-5-1)48-24-34-54(35-25-48)63(55-36-26-49(27-37-55)46-16-6-2-7-17-46)56-38-28-51(29-39-56)52-32-42-58(43-33-52)64(57-40-30-50(31-41-57)47-18-8-3-9-19-47)62-44-53-20-10-11-21-59(53)60-22-12-13-23-61(60)62/h1-44H. The van der Waals surface area contributed by atoms with Gasteiger partial charge in [-0.05, 0) is 127 Å². The lowest BCUT2D eigenvalue weighted by atomic mass is 9.98. The van der Waals surface area contributed by atoms with Gasteiger partial charge in [0.05, 0.1) is 5.69 Å². The molecule has 11 aromatic carbocycles. The van der Waals surface area contributed by atoms with Gasteiger partial charge in [-0.15, -0.1) is 0 Å². The van der Waals surface area contributed by atoms with E-state index in [1.807, 2.05) is 0 Å². The molecule has 0 aliphatic rings. The highest BCUT2D eigenvalue weighted by Crippen LogP contribution is 2.43. The van der Waals surface area contributed by atoms with Crippen molar-refractivity contribution in [3.63, 3.8) is 0 Å². The van der Waals surface area contributed by atoms with Crippen LogP contribution in [0.5, 0.6) is 0 Å². The van der Waals surface area contributed by atoms with E-state index in [9.17, 15) is 0 Å². The van der Waals surface area contributed by atoms with E-state index in [0.717, 1.165) is 45.3 Å². The van der Waals surface area contributed by atoms with Gasteiger partial charge in [0.25, 0.3) is 0 Å². The zero-order valence-electron chi connectivity index (χ0n) is 35.3. The third-order valence-corrected chi connectivity index (χ3v) is 12.3. The Morgan fingerprint density at radius 1 is 0.188 bits per heavy atom. The Balaban J connectivity index is 0.950. The van der Waals surface area contributed by atoms with E-state index in [0.29, 0.717) is 0 Å². The van der Waals surface area contributed by atoms with Crippen LogP contribution in [0.2, 0.25) is 0 Å². The zero-order valence-corrected chi connectivity index (χ0v) is 35.3. The number of hydrogen-bond acceptors (Lipinski definition) is 2. The summed E-state index contributed by atoms with van der Waals surface area (Å²) in [6.07, 6.45) is 0. The van der Waals surface area contributed by atoms with Gasteiger partial charge in [-0.25, -0.2) is 0 Å². The molecule has 11 aromatic rings.